The lowest BCUT2D eigenvalue weighted by Crippen LogP contribution is -2.57. The van der Waals surface area contributed by atoms with E-state index < -0.39 is 68.3 Å². The molecule has 48 heavy (non-hydrogen) atoms. The summed E-state index contributed by atoms with van der Waals surface area (Å²) < 4.78 is 74.1. The second-order valence-electron chi connectivity index (χ2n) is 13.0. The van der Waals surface area contributed by atoms with Gasteiger partial charge in [0.2, 0.25) is 5.91 Å². The first-order valence-corrected chi connectivity index (χ1v) is 17.3. The quantitative estimate of drug-likeness (QED) is 0.260. The third-order valence-corrected chi connectivity index (χ3v) is 11.1. The maximum atomic E-state index is 14.0. The Morgan fingerprint density at radius 1 is 0.958 bits per heavy atom. The Bertz CT molecular complexity index is 1800. The molecule has 3 amide bonds. The van der Waals surface area contributed by atoms with E-state index in [4.69, 9.17) is 16.3 Å². The number of anilines is 1. The number of amides is 3. The fourth-order valence-corrected chi connectivity index (χ4v) is 8.67. The molecule has 0 aliphatic carbocycles. The lowest BCUT2D eigenvalue weighted by Gasteiger charge is -2.40. The van der Waals surface area contributed by atoms with E-state index in [2.05, 4.69) is 10.6 Å². The number of hydrogen-bond donors (Lipinski definition) is 2. The Morgan fingerprint density at radius 2 is 1.56 bits per heavy atom. The molecule has 2 aliphatic heterocycles. The van der Waals surface area contributed by atoms with Crippen LogP contribution >= 0.6 is 11.6 Å². The molecular formula is C34H35ClF3N3O6S. The molecule has 2 unspecified atom stereocenters. The summed E-state index contributed by atoms with van der Waals surface area (Å²) >= 11 is 6.34. The van der Waals surface area contributed by atoms with Crippen LogP contribution < -0.4 is 10.6 Å². The second kappa shape index (κ2) is 13.8. The first kappa shape index (κ1) is 35.2. The van der Waals surface area contributed by atoms with Gasteiger partial charge in [0.05, 0.1) is 15.2 Å². The Hall–Kier alpha value is -4.10. The number of hydrogen-bond acceptors (Lipinski definition) is 6. The summed E-state index contributed by atoms with van der Waals surface area (Å²) in [6.07, 6.45) is 0.807. The zero-order valence-electron chi connectivity index (χ0n) is 26.4. The minimum atomic E-state index is -4.13. The number of ether oxygens (including phenoxy) is 1. The number of halogens is 4. The molecule has 2 aliphatic rings. The maximum Gasteiger partial charge on any atom is 0.408 e. The molecule has 14 heteroatoms. The average Bonchev–Trinajstić information content (AvgIpc) is 3.26. The van der Waals surface area contributed by atoms with Crippen molar-refractivity contribution in [2.45, 2.75) is 86.7 Å². The molecule has 9 nitrogen and oxygen atoms in total. The Kier molecular flexibility index (Phi) is 10.1. The third-order valence-electron chi connectivity index (χ3n) is 8.40. The number of nitrogens with zero attached hydrogens (tertiary/aromatic N) is 1. The summed E-state index contributed by atoms with van der Waals surface area (Å²) in [6.45, 7) is 5.15. The van der Waals surface area contributed by atoms with Crippen LogP contribution in [0.25, 0.3) is 0 Å². The fourth-order valence-electron chi connectivity index (χ4n) is 6.29. The molecule has 2 bridgehead atoms. The van der Waals surface area contributed by atoms with E-state index in [9.17, 15) is 36.0 Å². The highest BCUT2D eigenvalue weighted by molar-refractivity contribution is 7.92. The fraction of sp³-hybridized carbons (Fsp3) is 0.382. The zero-order chi connectivity index (χ0) is 35.0. The van der Waals surface area contributed by atoms with Crippen molar-refractivity contribution < 1.29 is 40.7 Å². The van der Waals surface area contributed by atoms with Crippen molar-refractivity contribution in [3.05, 3.63) is 94.3 Å². The average molecular weight is 706 g/mol. The van der Waals surface area contributed by atoms with Crippen molar-refractivity contribution in [2.24, 2.45) is 0 Å². The summed E-state index contributed by atoms with van der Waals surface area (Å²) in [5, 5.41) is 3.90. The third kappa shape index (κ3) is 7.78. The lowest BCUT2D eigenvalue weighted by molar-refractivity contribution is -0.137. The largest absolute Gasteiger partial charge is 0.444 e. The number of carbonyl (C=O) groups excluding carboxylic acids is 3. The van der Waals surface area contributed by atoms with Gasteiger partial charge in [-0.1, -0.05) is 41.9 Å². The minimum Gasteiger partial charge on any atom is -0.444 e. The summed E-state index contributed by atoms with van der Waals surface area (Å²) in [6, 6.07) is 12.2. The molecule has 3 aromatic carbocycles. The monoisotopic (exact) mass is 705 g/mol. The van der Waals surface area contributed by atoms with E-state index >= 15 is 0 Å². The van der Waals surface area contributed by atoms with Crippen molar-refractivity contribution in [3.63, 3.8) is 0 Å². The SMILES string of the molecule is CC(C)(C)OC(=O)N[C@@H](Cc1ccccc1)C(=O)N1C2CC[C@H]1CC(S(=O)(=O)c1cc(C(=O)Nc3cc(F)c(F)c(F)c3)ccc1Cl)C2. The van der Waals surface area contributed by atoms with Crippen LogP contribution in [0.2, 0.25) is 5.02 Å². The van der Waals surface area contributed by atoms with Gasteiger partial charge in [0.25, 0.3) is 5.91 Å². The molecule has 3 aromatic rings. The van der Waals surface area contributed by atoms with E-state index in [0.29, 0.717) is 25.0 Å². The van der Waals surface area contributed by atoms with Gasteiger partial charge in [-0.2, -0.15) is 0 Å². The molecule has 4 atom stereocenters. The Labute approximate surface area is 281 Å². The lowest BCUT2D eigenvalue weighted by atomic mass is 9.98. The summed E-state index contributed by atoms with van der Waals surface area (Å²) in [5.41, 5.74) is -0.483. The van der Waals surface area contributed by atoms with Crippen molar-refractivity contribution in [1.29, 1.82) is 0 Å². The van der Waals surface area contributed by atoms with Crippen molar-refractivity contribution in [2.75, 3.05) is 5.32 Å². The summed E-state index contributed by atoms with van der Waals surface area (Å²) in [5.74, 6) is -5.93. The van der Waals surface area contributed by atoms with Crippen LogP contribution in [0.1, 0.15) is 62.4 Å². The molecule has 0 radical (unpaired) electrons. The van der Waals surface area contributed by atoms with Gasteiger partial charge in [0, 0.05) is 41.9 Å². The van der Waals surface area contributed by atoms with Gasteiger partial charge >= 0.3 is 6.09 Å². The molecule has 2 saturated heterocycles. The zero-order valence-corrected chi connectivity index (χ0v) is 28.0. The molecule has 2 heterocycles. The van der Waals surface area contributed by atoms with E-state index in [-0.39, 0.29) is 46.3 Å². The number of fused-ring (bicyclic) bond motifs is 2. The molecule has 0 spiro atoms. The van der Waals surface area contributed by atoms with Gasteiger partial charge in [0.1, 0.15) is 11.6 Å². The first-order chi connectivity index (χ1) is 22.5. The van der Waals surface area contributed by atoms with Gasteiger partial charge in [0.15, 0.2) is 27.3 Å². The number of nitrogens with one attached hydrogen (secondary N) is 2. The van der Waals surface area contributed by atoms with E-state index in [0.717, 1.165) is 11.6 Å². The van der Waals surface area contributed by atoms with Gasteiger partial charge in [-0.05, 0) is 70.2 Å². The molecule has 2 N–H and O–H groups in total. The standard InChI is InChI=1S/C34H35ClF3N3O6S/c1-34(2,3)47-33(44)40-28(13-19-7-5-4-6-8-19)32(43)41-22-10-11-23(41)18-24(17-22)48(45,46)29-14-20(9-12-25(29)35)31(42)39-21-15-26(36)30(38)27(37)16-21/h4-9,12,14-16,22-24,28H,10-11,13,17-18H2,1-3H3,(H,39,42)(H,40,44)/t22-,23?,24?,28-/m0/s1. The molecule has 5 rings (SSSR count). The molecule has 0 aromatic heterocycles. The van der Waals surface area contributed by atoms with Crippen LogP contribution in [0.5, 0.6) is 0 Å². The number of piperidine rings is 1. The van der Waals surface area contributed by atoms with Crippen LogP contribution in [-0.2, 0) is 25.8 Å². The van der Waals surface area contributed by atoms with Crippen molar-refractivity contribution >= 4 is 45.0 Å². The van der Waals surface area contributed by atoms with Crippen molar-refractivity contribution in [3.8, 4) is 0 Å². The van der Waals surface area contributed by atoms with Crippen LogP contribution in [0, 0.1) is 17.5 Å². The van der Waals surface area contributed by atoms with Crippen LogP contribution in [0.3, 0.4) is 0 Å². The number of rotatable bonds is 8. The summed E-state index contributed by atoms with van der Waals surface area (Å²) in [4.78, 5) is 41.1. The predicted octanol–water partition coefficient (Wildman–Crippen LogP) is 6.44. The first-order valence-electron chi connectivity index (χ1n) is 15.4. The molecule has 2 fully saturated rings. The predicted molar refractivity (Wildman–Crippen MR) is 173 cm³/mol. The van der Waals surface area contributed by atoms with E-state index in [1.807, 2.05) is 30.3 Å². The van der Waals surface area contributed by atoms with E-state index in [1.165, 1.54) is 12.1 Å². The van der Waals surface area contributed by atoms with Crippen molar-refractivity contribution in [1.82, 2.24) is 10.2 Å². The highest BCUT2D eigenvalue weighted by Gasteiger charge is 2.49. The van der Waals surface area contributed by atoms with Gasteiger partial charge < -0.3 is 20.3 Å². The number of carbonyl (C=O) groups is 3. The molecule has 256 valence electrons. The normalized spacial score (nSPS) is 19.8. The number of sulfone groups is 1. The van der Waals surface area contributed by atoms with Gasteiger partial charge in [-0.25, -0.2) is 26.4 Å². The van der Waals surface area contributed by atoms with Gasteiger partial charge in [-0.3, -0.25) is 9.59 Å². The molecule has 0 saturated carbocycles. The van der Waals surface area contributed by atoms with Crippen LogP contribution in [-0.4, -0.2) is 60.2 Å². The maximum absolute atomic E-state index is 14.0. The van der Waals surface area contributed by atoms with E-state index in [1.54, 1.807) is 25.7 Å². The van der Waals surface area contributed by atoms with Gasteiger partial charge in [-0.15, -0.1) is 0 Å². The number of alkyl carbamates (subject to hydrolysis) is 1. The Morgan fingerprint density at radius 3 is 2.15 bits per heavy atom. The van der Waals surface area contributed by atoms with Crippen LogP contribution in [0.4, 0.5) is 23.7 Å². The van der Waals surface area contributed by atoms with Crippen LogP contribution in [0.15, 0.2) is 65.6 Å². The summed E-state index contributed by atoms with van der Waals surface area (Å²) in [7, 11) is -4.13. The molecular weight excluding hydrogens is 671 g/mol. The Balaban J connectivity index is 1.34. The highest BCUT2D eigenvalue weighted by atomic mass is 35.5. The second-order valence-corrected chi connectivity index (χ2v) is 15.6. The number of benzene rings is 3. The topological polar surface area (TPSA) is 122 Å². The highest BCUT2D eigenvalue weighted by Crippen LogP contribution is 2.41. The minimum absolute atomic E-state index is 0.107. The smallest absolute Gasteiger partial charge is 0.408 e.